The predicted molar refractivity (Wildman–Crippen MR) is 121 cm³/mol. The summed E-state index contributed by atoms with van der Waals surface area (Å²) >= 11 is 1.49. The molecule has 0 bridgehead atoms. The van der Waals surface area contributed by atoms with E-state index in [0.717, 1.165) is 34.2 Å². The molecule has 1 unspecified atom stereocenters. The van der Waals surface area contributed by atoms with E-state index in [-0.39, 0.29) is 12.5 Å². The van der Waals surface area contributed by atoms with Crippen molar-refractivity contribution in [2.75, 3.05) is 11.9 Å². The van der Waals surface area contributed by atoms with Crippen LogP contribution in [0.25, 0.3) is 21.3 Å². The van der Waals surface area contributed by atoms with Crippen molar-refractivity contribution in [2.24, 2.45) is 7.05 Å². The number of aliphatic hydroxyl groups is 1. The number of aryl methyl sites for hydroxylation is 1. The highest BCUT2D eigenvalue weighted by Gasteiger charge is 2.57. The van der Waals surface area contributed by atoms with Gasteiger partial charge in [0.05, 0.1) is 5.39 Å². The number of hydrogen-bond acceptors (Lipinski definition) is 6. The van der Waals surface area contributed by atoms with Crippen molar-refractivity contribution in [2.45, 2.75) is 37.0 Å². The van der Waals surface area contributed by atoms with E-state index >= 15 is 0 Å². The molecule has 172 valence electrons. The lowest BCUT2D eigenvalue weighted by Crippen LogP contribution is -2.45. The van der Waals surface area contributed by atoms with Gasteiger partial charge in [0.1, 0.15) is 22.3 Å². The third kappa shape index (κ3) is 3.97. The summed E-state index contributed by atoms with van der Waals surface area (Å²) in [4.78, 5) is 14.0. The van der Waals surface area contributed by atoms with E-state index in [1.807, 2.05) is 35.7 Å². The fourth-order valence-corrected chi connectivity index (χ4v) is 4.90. The zero-order valence-corrected chi connectivity index (χ0v) is 18.6. The van der Waals surface area contributed by atoms with Gasteiger partial charge in [-0.15, -0.1) is 11.3 Å². The minimum Gasteiger partial charge on any atom is -0.374 e. The number of anilines is 1. The Morgan fingerprint density at radius 3 is 2.58 bits per heavy atom. The fraction of sp³-hybridized carbons (Fsp3) is 0.348. The van der Waals surface area contributed by atoms with Crippen LogP contribution in [0.2, 0.25) is 0 Å². The monoisotopic (exact) mass is 473 g/mol. The first-order chi connectivity index (χ1) is 15.8. The van der Waals surface area contributed by atoms with Gasteiger partial charge in [-0.05, 0) is 18.4 Å². The topological polar surface area (TPSA) is 75.9 Å². The second-order valence-electron chi connectivity index (χ2n) is 8.30. The Hall–Kier alpha value is -2.98. The zero-order valence-electron chi connectivity index (χ0n) is 17.8. The molecular formula is C23H22F3N5OS. The lowest BCUT2D eigenvalue weighted by Gasteiger charge is -2.30. The molecule has 1 fully saturated rings. The first-order valence-corrected chi connectivity index (χ1v) is 11.5. The summed E-state index contributed by atoms with van der Waals surface area (Å²) < 4.78 is 42.8. The number of nitrogens with one attached hydrogen (secondary N) is 1. The molecule has 6 nitrogen and oxygen atoms in total. The van der Waals surface area contributed by atoms with Gasteiger partial charge < -0.3 is 15.0 Å². The maximum Gasteiger partial charge on any atom is 0.424 e. The van der Waals surface area contributed by atoms with Crippen LogP contribution in [0.3, 0.4) is 0 Å². The van der Waals surface area contributed by atoms with E-state index in [9.17, 15) is 18.3 Å². The van der Waals surface area contributed by atoms with Gasteiger partial charge in [0.15, 0.2) is 0 Å². The van der Waals surface area contributed by atoms with Crippen LogP contribution < -0.4 is 5.32 Å². The third-order valence-electron chi connectivity index (χ3n) is 5.92. The van der Waals surface area contributed by atoms with Crippen molar-refractivity contribution in [3.63, 3.8) is 0 Å². The lowest BCUT2D eigenvalue weighted by molar-refractivity contribution is -0.271. The molecular weight excluding hydrogens is 451 g/mol. The van der Waals surface area contributed by atoms with Gasteiger partial charge in [0, 0.05) is 49.3 Å². The summed E-state index contributed by atoms with van der Waals surface area (Å²) in [6.07, 6.45) is -0.856. The summed E-state index contributed by atoms with van der Waals surface area (Å²) in [6.45, 7) is -0.150. The Bertz CT molecular complexity index is 1280. The van der Waals surface area contributed by atoms with Crippen LogP contribution in [-0.2, 0) is 12.6 Å². The van der Waals surface area contributed by atoms with Crippen LogP contribution in [0, 0.1) is 0 Å². The second kappa shape index (κ2) is 8.11. The van der Waals surface area contributed by atoms with Crippen LogP contribution in [0.1, 0.15) is 36.8 Å². The molecule has 10 heteroatoms. The normalized spacial score (nSPS) is 16.2. The maximum absolute atomic E-state index is 13.9. The van der Waals surface area contributed by atoms with E-state index in [0.29, 0.717) is 11.6 Å². The number of fused-ring (bicyclic) bond motifs is 1. The molecule has 4 aromatic rings. The van der Waals surface area contributed by atoms with Crippen molar-refractivity contribution in [1.29, 1.82) is 0 Å². The molecule has 0 saturated heterocycles. The van der Waals surface area contributed by atoms with Gasteiger partial charge in [0.2, 0.25) is 5.60 Å². The number of alkyl halides is 3. The number of thiophene rings is 1. The number of hydrogen-bond donors (Lipinski definition) is 2. The Kier molecular flexibility index (Phi) is 5.37. The van der Waals surface area contributed by atoms with E-state index in [4.69, 9.17) is 4.98 Å². The van der Waals surface area contributed by atoms with Crippen molar-refractivity contribution >= 4 is 27.4 Å². The highest BCUT2D eigenvalue weighted by atomic mass is 32.1. The van der Waals surface area contributed by atoms with E-state index in [1.54, 1.807) is 0 Å². The summed E-state index contributed by atoms with van der Waals surface area (Å²) in [5.74, 6) is 1.05. The first-order valence-electron chi connectivity index (χ1n) is 10.6. The number of nitrogens with zero attached hydrogens (tertiary/aromatic N) is 4. The number of benzene rings is 1. The third-order valence-corrected chi connectivity index (χ3v) is 6.79. The standard InChI is InChI=1S/C23H22F3N5OS/c1-31-12-11-28-21(31)22(32,23(24,25)26)9-10-27-19-17-16(14-5-3-2-4-6-14)13-33-20(17)30-18(29-19)15-7-8-15/h2-6,11-13,15,32H,7-10H2,1H3,(H,27,29,30). The van der Waals surface area contributed by atoms with Gasteiger partial charge in [-0.2, -0.15) is 13.2 Å². The molecule has 33 heavy (non-hydrogen) atoms. The molecule has 1 aromatic carbocycles. The average molecular weight is 474 g/mol. The van der Waals surface area contributed by atoms with Crippen LogP contribution in [0.5, 0.6) is 0 Å². The Labute approximate surface area is 192 Å². The van der Waals surface area contributed by atoms with Crippen LogP contribution in [-0.4, -0.2) is 37.3 Å². The average Bonchev–Trinajstić information content (AvgIpc) is 3.41. The molecule has 1 aliphatic rings. The van der Waals surface area contributed by atoms with E-state index < -0.39 is 24.0 Å². The molecule has 2 N–H and O–H groups in total. The summed E-state index contributed by atoms with van der Waals surface area (Å²) in [7, 11) is 1.43. The molecule has 5 rings (SSSR count). The van der Waals surface area contributed by atoms with Gasteiger partial charge in [-0.3, -0.25) is 0 Å². The molecule has 1 atom stereocenters. The molecule has 0 aliphatic heterocycles. The molecule has 3 heterocycles. The second-order valence-corrected chi connectivity index (χ2v) is 9.15. The highest BCUT2D eigenvalue weighted by molar-refractivity contribution is 7.17. The molecule has 0 amide bonds. The number of halogens is 3. The van der Waals surface area contributed by atoms with Crippen molar-refractivity contribution in [3.8, 4) is 11.1 Å². The Balaban J connectivity index is 1.49. The minimum atomic E-state index is -4.88. The smallest absolute Gasteiger partial charge is 0.374 e. The van der Waals surface area contributed by atoms with Crippen LogP contribution in [0.15, 0.2) is 48.1 Å². The number of rotatable bonds is 7. The van der Waals surface area contributed by atoms with Crippen LogP contribution in [0.4, 0.5) is 19.0 Å². The minimum absolute atomic E-state index is 0.150. The first kappa shape index (κ1) is 21.8. The maximum atomic E-state index is 13.9. The zero-order chi connectivity index (χ0) is 23.2. The fourth-order valence-electron chi connectivity index (χ4n) is 3.95. The summed E-state index contributed by atoms with van der Waals surface area (Å²) in [5, 5.41) is 16.5. The van der Waals surface area contributed by atoms with Crippen LogP contribution >= 0.6 is 11.3 Å². The molecule has 3 aromatic heterocycles. The van der Waals surface area contributed by atoms with Gasteiger partial charge in [0.25, 0.3) is 0 Å². The van der Waals surface area contributed by atoms with Crippen molar-refractivity contribution in [3.05, 3.63) is 59.8 Å². The van der Waals surface area contributed by atoms with E-state index in [1.165, 1.54) is 35.3 Å². The quantitative estimate of drug-likeness (QED) is 0.385. The van der Waals surface area contributed by atoms with Gasteiger partial charge in [-0.25, -0.2) is 15.0 Å². The number of imidazole rings is 1. The molecule has 1 aliphatic carbocycles. The Morgan fingerprint density at radius 2 is 1.94 bits per heavy atom. The molecule has 0 radical (unpaired) electrons. The molecule has 0 spiro atoms. The predicted octanol–water partition coefficient (Wildman–Crippen LogP) is 5.22. The van der Waals surface area contributed by atoms with Gasteiger partial charge in [-0.1, -0.05) is 30.3 Å². The molecule has 1 saturated carbocycles. The van der Waals surface area contributed by atoms with E-state index in [2.05, 4.69) is 15.3 Å². The van der Waals surface area contributed by atoms with Crippen molar-refractivity contribution in [1.82, 2.24) is 19.5 Å². The Morgan fingerprint density at radius 1 is 1.18 bits per heavy atom. The number of aromatic nitrogens is 4. The summed E-state index contributed by atoms with van der Waals surface area (Å²) in [6, 6.07) is 9.74. The SMILES string of the molecule is Cn1ccnc1C(O)(CCNc1nc(C2CC2)nc2scc(-c3ccccc3)c12)C(F)(F)F. The highest BCUT2D eigenvalue weighted by Crippen LogP contribution is 2.44. The largest absolute Gasteiger partial charge is 0.424 e. The van der Waals surface area contributed by atoms with Gasteiger partial charge >= 0.3 is 6.18 Å². The van der Waals surface area contributed by atoms with Crippen molar-refractivity contribution < 1.29 is 18.3 Å². The summed E-state index contributed by atoms with van der Waals surface area (Å²) in [5.41, 5.74) is -1.18. The lowest BCUT2D eigenvalue weighted by atomic mass is 9.97.